The van der Waals surface area contributed by atoms with Gasteiger partial charge < -0.3 is 4.42 Å². The van der Waals surface area contributed by atoms with Gasteiger partial charge in [0.1, 0.15) is 5.58 Å². The van der Waals surface area contributed by atoms with Crippen LogP contribution in [0.25, 0.3) is 11.0 Å². The van der Waals surface area contributed by atoms with Crippen LogP contribution < -0.4 is 5.66 Å². The van der Waals surface area contributed by atoms with Crippen LogP contribution in [0.4, 0.5) is 0 Å². The number of rotatable bonds is 0. The van der Waals surface area contributed by atoms with Gasteiger partial charge in [0.25, 0.3) is 0 Å². The predicted octanol–water partition coefficient (Wildman–Crippen LogP) is 1.88. The van der Waals surface area contributed by atoms with Gasteiger partial charge in [-0.15, -0.1) is 0 Å². The average Bonchev–Trinajstić information content (AvgIpc) is 2.27. The molecule has 3 heteroatoms. The second kappa shape index (κ2) is 2.31. The molecule has 0 N–H and O–H groups in total. The maximum atomic E-state index is 5.73. The van der Waals surface area contributed by atoms with Crippen LogP contribution in [0.15, 0.2) is 28.7 Å². The summed E-state index contributed by atoms with van der Waals surface area (Å²) in [4.78, 5) is 0. The van der Waals surface area contributed by atoms with Crippen molar-refractivity contribution in [1.82, 2.24) is 0 Å². The molecule has 0 unspecified atom stereocenters. The van der Waals surface area contributed by atoms with Crippen molar-refractivity contribution in [1.29, 1.82) is 0 Å². The van der Waals surface area contributed by atoms with Gasteiger partial charge in [-0.1, -0.05) is 11.6 Å². The molecule has 1 nitrogen and oxygen atoms in total. The van der Waals surface area contributed by atoms with Crippen molar-refractivity contribution in [2.75, 3.05) is 0 Å². The first-order valence-electron chi connectivity index (χ1n) is 3.20. The number of fused-ring (bicyclic) bond motifs is 1. The molecule has 0 saturated carbocycles. The Morgan fingerprint density at radius 3 is 2.91 bits per heavy atom. The van der Waals surface area contributed by atoms with Crippen molar-refractivity contribution in [3.63, 3.8) is 0 Å². The summed E-state index contributed by atoms with van der Waals surface area (Å²) in [6.07, 6.45) is 0. The molecule has 0 amide bonds. The first-order chi connectivity index (χ1) is 5.25. The second-order valence-corrected chi connectivity index (χ2v) is 2.77. The van der Waals surface area contributed by atoms with Crippen molar-refractivity contribution in [3.8, 4) is 0 Å². The van der Waals surface area contributed by atoms with Gasteiger partial charge in [0, 0.05) is 16.1 Å². The monoisotopic (exact) mass is 162 g/mol. The quantitative estimate of drug-likeness (QED) is 0.539. The molecule has 0 aliphatic carbocycles. The van der Waals surface area contributed by atoms with Crippen LogP contribution >= 0.6 is 11.6 Å². The molecule has 1 aromatic heterocycles. The van der Waals surface area contributed by atoms with Crippen LogP contribution in [0.1, 0.15) is 0 Å². The molecule has 2 radical (unpaired) electrons. The predicted molar refractivity (Wildman–Crippen MR) is 46.6 cm³/mol. The summed E-state index contributed by atoms with van der Waals surface area (Å²) in [6, 6.07) is 7.19. The number of hydrogen-bond acceptors (Lipinski definition) is 1. The molecule has 2 aromatic rings. The fraction of sp³-hybridized carbons (Fsp3) is 0. The molecule has 0 bridgehead atoms. The van der Waals surface area contributed by atoms with Crippen molar-refractivity contribution >= 4 is 36.1 Å². The highest BCUT2D eigenvalue weighted by molar-refractivity contribution is 6.32. The van der Waals surface area contributed by atoms with Gasteiger partial charge in [-0.25, -0.2) is 0 Å². The van der Waals surface area contributed by atoms with E-state index in [0.717, 1.165) is 11.0 Å². The SMILES string of the molecule is [B]c1cc2ccc(Cl)cc2o1. The summed E-state index contributed by atoms with van der Waals surface area (Å²) < 4.78 is 5.14. The zero-order valence-corrected chi connectivity index (χ0v) is 6.43. The van der Waals surface area contributed by atoms with E-state index in [1.807, 2.05) is 6.07 Å². The normalized spacial score (nSPS) is 10.6. The molecule has 0 fully saturated rings. The third-order valence-electron chi connectivity index (χ3n) is 1.50. The number of halogens is 1. The van der Waals surface area contributed by atoms with Gasteiger partial charge >= 0.3 is 0 Å². The lowest BCUT2D eigenvalue weighted by Crippen LogP contribution is -1.92. The lowest BCUT2D eigenvalue weighted by atomic mass is 10.1. The minimum Gasteiger partial charge on any atom is -0.473 e. The van der Waals surface area contributed by atoms with E-state index < -0.39 is 0 Å². The van der Waals surface area contributed by atoms with Gasteiger partial charge in [-0.2, -0.15) is 0 Å². The van der Waals surface area contributed by atoms with E-state index in [1.54, 1.807) is 18.2 Å². The molecule has 0 spiro atoms. The zero-order valence-electron chi connectivity index (χ0n) is 5.67. The minimum absolute atomic E-state index is 0.419. The third-order valence-corrected chi connectivity index (χ3v) is 1.74. The first kappa shape index (κ1) is 6.80. The Labute approximate surface area is 70.4 Å². The van der Waals surface area contributed by atoms with Crippen LogP contribution in [0, 0.1) is 0 Å². The summed E-state index contributed by atoms with van der Waals surface area (Å²) in [7, 11) is 5.43. The van der Waals surface area contributed by atoms with Crippen molar-refractivity contribution in [3.05, 3.63) is 29.3 Å². The smallest absolute Gasteiger partial charge is 0.167 e. The maximum Gasteiger partial charge on any atom is 0.167 e. The number of hydrogen-bond donors (Lipinski definition) is 0. The lowest BCUT2D eigenvalue weighted by molar-refractivity contribution is 0.653. The third kappa shape index (κ3) is 1.14. The molecule has 0 aliphatic heterocycles. The Kier molecular flexibility index (Phi) is 1.43. The number of furan rings is 1. The summed E-state index contributed by atoms with van der Waals surface area (Å²) in [5.41, 5.74) is 1.15. The summed E-state index contributed by atoms with van der Waals surface area (Å²) >= 11 is 5.73. The Morgan fingerprint density at radius 2 is 2.09 bits per heavy atom. The Morgan fingerprint density at radius 1 is 1.27 bits per heavy atom. The molecule has 52 valence electrons. The molecular weight excluding hydrogens is 158 g/mol. The molecule has 1 heterocycles. The molecule has 2 rings (SSSR count). The van der Waals surface area contributed by atoms with Gasteiger partial charge in [-0.3, -0.25) is 0 Å². The fourth-order valence-corrected chi connectivity index (χ4v) is 1.19. The lowest BCUT2D eigenvalue weighted by Gasteiger charge is -1.87. The summed E-state index contributed by atoms with van der Waals surface area (Å²) in [6.45, 7) is 0. The van der Waals surface area contributed by atoms with Gasteiger partial charge in [-0.05, 0) is 24.3 Å². The van der Waals surface area contributed by atoms with Crippen LogP contribution in [-0.2, 0) is 0 Å². The highest BCUT2D eigenvalue weighted by Gasteiger charge is 1.98. The van der Waals surface area contributed by atoms with Gasteiger partial charge in [0.05, 0.1) is 0 Å². The van der Waals surface area contributed by atoms with E-state index in [0.29, 0.717) is 10.7 Å². The van der Waals surface area contributed by atoms with Crippen LogP contribution in [0.5, 0.6) is 0 Å². The highest BCUT2D eigenvalue weighted by atomic mass is 35.5. The Bertz CT molecular complexity index is 394. The minimum atomic E-state index is 0.419. The Hall–Kier alpha value is -0.885. The average molecular weight is 162 g/mol. The van der Waals surface area contributed by atoms with Crippen molar-refractivity contribution < 1.29 is 4.42 Å². The molecule has 11 heavy (non-hydrogen) atoms. The van der Waals surface area contributed by atoms with Crippen molar-refractivity contribution in [2.45, 2.75) is 0 Å². The summed E-state index contributed by atoms with van der Waals surface area (Å²) in [5, 5.41) is 1.64. The first-order valence-corrected chi connectivity index (χ1v) is 3.58. The van der Waals surface area contributed by atoms with Gasteiger partial charge in [0.2, 0.25) is 0 Å². The zero-order chi connectivity index (χ0) is 7.84. The topological polar surface area (TPSA) is 13.1 Å². The summed E-state index contributed by atoms with van der Waals surface area (Å²) in [5.74, 6) is 0. The maximum absolute atomic E-state index is 5.73. The van der Waals surface area contributed by atoms with Gasteiger partial charge in [0.15, 0.2) is 7.85 Å². The molecular formula is C8H4BClO. The highest BCUT2D eigenvalue weighted by Crippen LogP contribution is 2.18. The van der Waals surface area contributed by atoms with E-state index in [4.69, 9.17) is 23.9 Å². The van der Waals surface area contributed by atoms with E-state index in [9.17, 15) is 0 Å². The van der Waals surface area contributed by atoms with E-state index in [2.05, 4.69) is 0 Å². The van der Waals surface area contributed by atoms with E-state index in [1.165, 1.54) is 0 Å². The molecule has 0 aliphatic rings. The van der Waals surface area contributed by atoms with Crippen LogP contribution in [0.3, 0.4) is 0 Å². The van der Waals surface area contributed by atoms with E-state index >= 15 is 0 Å². The molecule has 1 aromatic carbocycles. The van der Waals surface area contributed by atoms with Crippen LogP contribution in [0.2, 0.25) is 5.02 Å². The standard InChI is InChI=1S/C8H4BClO/c9-8-3-5-1-2-6(10)4-7(5)11-8/h1-4H. The largest absolute Gasteiger partial charge is 0.473 e. The van der Waals surface area contributed by atoms with E-state index in [-0.39, 0.29) is 0 Å². The Balaban J connectivity index is 2.82. The molecule has 0 atom stereocenters. The fourth-order valence-electron chi connectivity index (χ4n) is 1.03. The van der Waals surface area contributed by atoms with Crippen molar-refractivity contribution in [2.24, 2.45) is 0 Å². The number of benzene rings is 1. The molecule has 0 saturated heterocycles. The second-order valence-electron chi connectivity index (χ2n) is 2.33. The van der Waals surface area contributed by atoms with Crippen LogP contribution in [-0.4, -0.2) is 7.85 Å².